The fraction of sp³-hybridized carbons (Fsp3) is 0.333. The van der Waals surface area contributed by atoms with Gasteiger partial charge in [0.25, 0.3) is 0 Å². The highest BCUT2D eigenvalue weighted by atomic mass is 16.5. The van der Waals surface area contributed by atoms with Crippen LogP contribution in [0.3, 0.4) is 0 Å². The van der Waals surface area contributed by atoms with Gasteiger partial charge in [0.1, 0.15) is 19.3 Å². The van der Waals surface area contributed by atoms with E-state index in [1.165, 1.54) is 14.2 Å². The summed E-state index contributed by atoms with van der Waals surface area (Å²) in [6, 6.07) is 3.36. The molecule has 0 saturated heterocycles. The van der Waals surface area contributed by atoms with Crippen LogP contribution >= 0.6 is 0 Å². The van der Waals surface area contributed by atoms with Gasteiger partial charge >= 0.3 is 0 Å². The number of ether oxygens (including phenoxy) is 2. The van der Waals surface area contributed by atoms with E-state index in [4.69, 9.17) is 22.4 Å². The molecule has 0 unspecified atom stereocenters. The summed E-state index contributed by atoms with van der Waals surface area (Å²) in [7, 11) is 8.74. The van der Waals surface area contributed by atoms with E-state index in [-0.39, 0.29) is 6.61 Å². The van der Waals surface area contributed by atoms with Crippen LogP contribution in [0.2, 0.25) is 0 Å². The largest absolute Gasteiger partial charge is 0.497 e. The average Bonchev–Trinajstić information content (AvgIpc) is 2.18. The minimum Gasteiger partial charge on any atom is -0.497 e. The zero-order chi connectivity index (χ0) is 9.84. The summed E-state index contributed by atoms with van der Waals surface area (Å²) in [4.78, 5) is 0. The molecule has 3 nitrogen and oxygen atoms in total. The van der Waals surface area contributed by atoms with Crippen LogP contribution in [-0.2, 0) is 6.61 Å². The minimum absolute atomic E-state index is 0.0625. The summed E-state index contributed by atoms with van der Waals surface area (Å²) >= 11 is 0. The number of hydrogen-bond acceptors (Lipinski definition) is 3. The Kier molecular flexibility index (Phi) is 3.20. The minimum atomic E-state index is -0.0625. The smallest absolute Gasteiger partial charge is 0.124 e. The van der Waals surface area contributed by atoms with Crippen LogP contribution in [0.15, 0.2) is 12.1 Å². The number of rotatable bonds is 3. The van der Waals surface area contributed by atoms with Gasteiger partial charge in [-0.15, -0.1) is 0 Å². The summed E-state index contributed by atoms with van der Waals surface area (Å²) in [5.41, 5.74) is 1.16. The van der Waals surface area contributed by atoms with Gasteiger partial charge in [0, 0.05) is 0 Å². The van der Waals surface area contributed by atoms with E-state index in [0.717, 1.165) is 0 Å². The molecule has 0 aliphatic rings. The molecule has 1 rings (SSSR count). The van der Waals surface area contributed by atoms with Crippen LogP contribution in [-0.4, -0.2) is 27.2 Å². The summed E-state index contributed by atoms with van der Waals surface area (Å²) in [6.45, 7) is -0.0625. The Morgan fingerprint density at radius 2 is 1.69 bits per heavy atom. The molecular weight excluding hydrogens is 167 g/mol. The van der Waals surface area contributed by atoms with E-state index in [1.54, 1.807) is 12.1 Å². The van der Waals surface area contributed by atoms with E-state index in [0.29, 0.717) is 22.5 Å². The predicted octanol–water partition coefficient (Wildman–Crippen LogP) is -0.0101. The summed E-state index contributed by atoms with van der Waals surface area (Å²) < 4.78 is 10.0. The SMILES string of the molecule is [B]c1c(OC)cc(CO)cc1OC. The van der Waals surface area contributed by atoms with E-state index >= 15 is 0 Å². The molecule has 0 aliphatic heterocycles. The maximum atomic E-state index is 8.92. The Bertz CT molecular complexity index is 274. The van der Waals surface area contributed by atoms with Crippen molar-refractivity contribution in [1.29, 1.82) is 0 Å². The summed E-state index contributed by atoms with van der Waals surface area (Å²) in [5, 5.41) is 8.92. The van der Waals surface area contributed by atoms with Crippen LogP contribution in [0.25, 0.3) is 0 Å². The third-order valence-electron chi connectivity index (χ3n) is 1.79. The molecule has 4 heteroatoms. The molecule has 2 radical (unpaired) electrons. The van der Waals surface area contributed by atoms with E-state index in [1.807, 2.05) is 0 Å². The quantitative estimate of drug-likeness (QED) is 0.661. The van der Waals surface area contributed by atoms with Crippen molar-refractivity contribution < 1.29 is 14.6 Å². The molecule has 0 aliphatic carbocycles. The number of hydrogen-bond donors (Lipinski definition) is 1. The summed E-state index contributed by atoms with van der Waals surface area (Å²) in [6.07, 6.45) is 0. The van der Waals surface area contributed by atoms with Crippen LogP contribution in [0.5, 0.6) is 11.5 Å². The van der Waals surface area contributed by atoms with Gasteiger partial charge in [-0.05, 0) is 23.2 Å². The van der Waals surface area contributed by atoms with E-state index in [9.17, 15) is 0 Å². The molecule has 0 amide bonds. The van der Waals surface area contributed by atoms with Gasteiger partial charge in [0.15, 0.2) is 0 Å². The zero-order valence-corrected chi connectivity index (χ0v) is 7.70. The Balaban J connectivity index is 3.20. The Morgan fingerprint density at radius 1 is 1.23 bits per heavy atom. The highest BCUT2D eigenvalue weighted by Crippen LogP contribution is 2.18. The molecule has 1 aromatic carbocycles. The Labute approximate surface area is 78.7 Å². The fourth-order valence-electron chi connectivity index (χ4n) is 1.08. The number of aliphatic hydroxyl groups is 1. The fourth-order valence-corrected chi connectivity index (χ4v) is 1.08. The highest BCUT2D eigenvalue weighted by Gasteiger charge is 2.06. The number of methoxy groups -OCH3 is 2. The van der Waals surface area contributed by atoms with E-state index < -0.39 is 0 Å². The van der Waals surface area contributed by atoms with Crippen molar-refractivity contribution in [3.05, 3.63) is 17.7 Å². The zero-order valence-electron chi connectivity index (χ0n) is 7.70. The topological polar surface area (TPSA) is 38.7 Å². The molecule has 0 aromatic heterocycles. The molecule has 0 spiro atoms. The first-order chi connectivity index (χ1) is 6.22. The van der Waals surface area contributed by atoms with Crippen molar-refractivity contribution in [3.63, 3.8) is 0 Å². The van der Waals surface area contributed by atoms with Crippen LogP contribution < -0.4 is 14.9 Å². The molecule has 68 valence electrons. The maximum Gasteiger partial charge on any atom is 0.124 e. The summed E-state index contributed by atoms with van der Waals surface area (Å²) in [5.74, 6) is 1.03. The second kappa shape index (κ2) is 4.19. The molecule has 0 heterocycles. The predicted molar refractivity (Wildman–Crippen MR) is 50.9 cm³/mol. The van der Waals surface area contributed by atoms with Crippen LogP contribution in [0.1, 0.15) is 5.56 Å². The van der Waals surface area contributed by atoms with Gasteiger partial charge in [-0.3, -0.25) is 0 Å². The van der Waals surface area contributed by atoms with Gasteiger partial charge in [0.05, 0.1) is 20.8 Å². The first-order valence-electron chi connectivity index (χ1n) is 3.84. The van der Waals surface area contributed by atoms with Crippen LogP contribution in [0, 0.1) is 0 Å². The van der Waals surface area contributed by atoms with Crippen molar-refractivity contribution in [2.75, 3.05) is 14.2 Å². The van der Waals surface area contributed by atoms with Crippen molar-refractivity contribution in [3.8, 4) is 11.5 Å². The molecule has 13 heavy (non-hydrogen) atoms. The second-order valence-electron chi connectivity index (χ2n) is 2.57. The number of aliphatic hydroxyl groups excluding tert-OH is 1. The van der Waals surface area contributed by atoms with Gasteiger partial charge in [-0.2, -0.15) is 0 Å². The lowest BCUT2D eigenvalue weighted by molar-refractivity contribution is 0.280. The van der Waals surface area contributed by atoms with Crippen molar-refractivity contribution >= 4 is 13.3 Å². The Hall–Kier alpha value is -1.16. The molecule has 0 fully saturated rings. The maximum absolute atomic E-state index is 8.92. The number of benzene rings is 1. The van der Waals surface area contributed by atoms with Gasteiger partial charge in [-0.25, -0.2) is 0 Å². The molecule has 1 aromatic rings. The first kappa shape index (κ1) is 9.93. The lowest BCUT2D eigenvalue weighted by Crippen LogP contribution is -2.11. The molecule has 0 saturated carbocycles. The average molecular weight is 178 g/mol. The van der Waals surface area contributed by atoms with Crippen LogP contribution in [0.4, 0.5) is 0 Å². The van der Waals surface area contributed by atoms with Crippen molar-refractivity contribution in [2.45, 2.75) is 6.61 Å². The van der Waals surface area contributed by atoms with Gasteiger partial charge in [0.2, 0.25) is 0 Å². The third-order valence-corrected chi connectivity index (χ3v) is 1.79. The first-order valence-corrected chi connectivity index (χ1v) is 3.84. The van der Waals surface area contributed by atoms with Gasteiger partial charge in [-0.1, -0.05) is 0 Å². The standard InChI is InChI=1S/C9H11BO3/c1-12-7-3-6(5-11)4-8(13-2)9(7)10/h3-4,11H,5H2,1-2H3. The lowest BCUT2D eigenvalue weighted by Gasteiger charge is -2.11. The normalized spacial score (nSPS) is 9.77. The third kappa shape index (κ3) is 1.95. The van der Waals surface area contributed by atoms with Crippen molar-refractivity contribution in [1.82, 2.24) is 0 Å². The molecule has 1 N–H and O–H groups in total. The second-order valence-corrected chi connectivity index (χ2v) is 2.57. The van der Waals surface area contributed by atoms with Crippen molar-refractivity contribution in [2.24, 2.45) is 0 Å². The Morgan fingerprint density at radius 3 is 2.00 bits per heavy atom. The van der Waals surface area contributed by atoms with Gasteiger partial charge < -0.3 is 14.6 Å². The molecular formula is C9H11BO3. The molecule has 0 bridgehead atoms. The lowest BCUT2D eigenvalue weighted by atomic mass is 9.92. The van der Waals surface area contributed by atoms with E-state index in [2.05, 4.69) is 0 Å². The molecule has 0 atom stereocenters. The highest BCUT2D eigenvalue weighted by molar-refractivity contribution is 6.36. The monoisotopic (exact) mass is 178 g/mol.